The first-order chi connectivity index (χ1) is 10.9. The van der Waals surface area contributed by atoms with Gasteiger partial charge >= 0.3 is 0 Å². The number of primary amides is 1. The molecule has 124 valence electrons. The topological polar surface area (TPSA) is 96.5 Å². The maximum absolute atomic E-state index is 12.7. The van der Waals surface area contributed by atoms with E-state index in [0.717, 1.165) is 11.4 Å². The van der Waals surface area contributed by atoms with Gasteiger partial charge in [-0.1, -0.05) is 0 Å². The summed E-state index contributed by atoms with van der Waals surface area (Å²) < 4.78 is 0. The largest absolute Gasteiger partial charge is 0.388 e. The molecule has 0 aromatic carbocycles. The molecule has 1 atom stereocenters. The zero-order valence-corrected chi connectivity index (χ0v) is 13.4. The molecule has 23 heavy (non-hydrogen) atoms. The van der Waals surface area contributed by atoms with Gasteiger partial charge in [-0.25, -0.2) is 0 Å². The Balaban J connectivity index is 1.75. The van der Waals surface area contributed by atoms with Crippen LogP contribution in [0.5, 0.6) is 0 Å². The molecule has 3 N–H and O–H groups in total. The highest BCUT2D eigenvalue weighted by atomic mass is 16.3. The molecule has 1 aliphatic carbocycles. The Morgan fingerprint density at radius 3 is 2.78 bits per heavy atom. The van der Waals surface area contributed by atoms with Gasteiger partial charge in [-0.2, -0.15) is 0 Å². The van der Waals surface area contributed by atoms with Gasteiger partial charge in [0, 0.05) is 18.2 Å². The zero-order valence-electron chi connectivity index (χ0n) is 13.4. The summed E-state index contributed by atoms with van der Waals surface area (Å²) in [7, 11) is 0. The van der Waals surface area contributed by atoms with Gasteiger partial charge in [-0.15, -0.1) is 0 Å². The molecule has 1 saturated heterocycles. The lowest BCUT2D eigenvalue weighted by molar-refractivity contribution is -0.125. The summed E-state index contributed by atoms with van der Waals surface area (Å²) in [6, 6.07) is 3.76. The summed E-state index contributed by atoms with van der Waals surface area (Å²) in [4.78, 5) is 30.0. The fourth-order valence-corrected chi connectivity index (χ4v) is 3.34. The minimum atomic E-state index is -1.21. The number of rotatable bonds is 4. The molecular weight excluding hydrogens is 294 g/mol. The molecule has 0 spiro atoms. The van der Waals surface area contributed by atoms with E-state index < -0.39 is 11.5 Å². The predicted octanol–water partition coefficient (Wildman–Crippen LogP) is 1.11. The van der Waals surface area contributed by atoms with E-state index in [-0.39, 0.29) is 18.9 Å². The van der Waals surface area contributed by atoms with Crippen molar-refractivity contribution in [1.29, 1.82) is 0 Å². The standard InChI is InChI=1S/C17H23N3O3/c1-11-13(5-6-14(19-11)12-3-4-12)16(22)20-8-2-7-17(23,10-20)9-15(18)21/h5-6,12,23H,2-4,7-10H2,1H3,(H2,18,21). The van der Waals surface area contributed by atoms with Crippen LogP contribution in [-0.4, -0.2) is 45.5 Å². The van der Waals surface area contributed by atoms with Crippen molar-refractivity contribution in [2.75, 3.05) is 13.1 Å². The fourth-order valence-electron chi connectivity index (χ4n) is 3.34. The molecule has 0 radical (unpaired) electrons. The van der Waals surface area contributed by atoms with Crippen molar-refractivity contribution in [2.45, 2.75) is 50.5 Å². The number of nitrogens with zero attached hydrogens (tertiary/aromatic N) is 2. The van der Waals surface area contributed by atoms with Crippen molar-refractivity contribution in [3.8, 4) is 0 Å². The third kappa shape index (κ3) is 3.52. The van der Waals surface area contributed by atoms with Crippen LogP contribution in [-0.2, 0) is 4.79 Å². The number of hydrogen-bond acceptors (Lipinski definition) is 4. The summed E-state index contributed by atoms with van der Waals surface area (Å²) in [5.41, 5.74) is 6.34. The normalized spacial score (nSPS) is 24.5. The summed E-state index contributed by atoms with van der Waals surface area (Å²) >= 11 is 0. The van der Waals surface area contributed by atoms with Crippen molar-refractivity contribution < 1.29 is 14.7 Å². The maximum Gasteiger partial charge on any atom is 0.255 e. The van der Waals surface area contributed by atoms with Crippen LogP contribution in [0.2, 0.25) is 0 Å². The van der Waals surface area contributed by atoms with E-state index >= 15 is 0 Å². The zero-order chi connectivity index (χ0) is 16.6. The molecule has 6 nitrogen and oxygen atoms in total. The lowest BCUT2D eigenvalue weighted by atomic mass is 9.89. The van der Waals surface area contributed by atoms with Crippen LogP contribution in [0.3, 0.4) is 0 Å². The number of aromatic nitrogens is 1. The van der Waals surface area contributed by atoms with Crippen LogP contribution in [0.1, 0.15) is 59.8 Å². The minimum Gasteiger partial charge on any atom is -0.388 e. The van der Waals surface area contributed by atoms with Crippen LogP contribution in [0, 0.1) is 6.92 Å². The average molecular weight is 317 g/mol. The Morgan fingerprint density at radius 1 is 1.43 bits per heavy atom. The van der Waals surface area contributed by atoms with Crippen LogP contribution in [0.4, 0.5) is 0 Å². The van der Waals surface area contributed by atoms with Gasteiger partial charge in [-0.3, -0.25) is 14.6 Å². The van der Waals surface area contributed by atoms with Crippen molar-refractivity contribution in [1.82, 2.24) is 9.88 Å². The number of piperidine rings is 1. The Kier molecular flexibility index (Phi) is 4.10. The van der Waals surface area contributed by atoms with Gasteiger partial charge in [0.15, 0.2) is 0 Å². The molecule has 1 saturated carbocycles. The molecule has 2 heterocycles. The number of carbonyl (C=O) groups excluding carboxylic acids is 2. The first-order valence-electron chi connectivity index (χ1n) is 8.15. The quantitative estimate of drug-likeness (QED) is 0.869. The molecule has 3 rings (SSSR count). The van der Waals surface area contributed by atoms with Gasteiger partial charge < -0.3 is 15.7 Å². The van der Waals surface area contributed by atoms with Gasteiger partial charge in [0.2, 0.25) is 5.91 Å². The van der Waals surface area contributed by atoms with E-state index in [9.17, 15) is 14.7 Å². The monoisotopic (exact) mass is 317 g/mol. The number of likely N-dealkylation sites (tertiary alicyclic amines) is 1. The first kappa shape index (κ1) is 15.9. The number of carbonyl (C=O) groups is 2. The molecule has 1 aliphatic heterocycles. The van der Waals surface area contributed by atoms with Gasteiger partial charge in [-0.05, 0) is 44.7 Å². The summed E-state index contributed by atoms with van der Waals surface area (Å²) in [5, 5.41) is 10.5. The number of hydrogen-bond donors (Lipinski definition) is 2. The van der Waals surface area contributed by atoms with Gasteiger partial charge in [0.25, 0.3) is 5.91 Å². The molecule has 2 aliphatic rings. The Bertz CT molecular complexity index is 642. The number of pyridine rings is 1. The van der Waals surface area contributed by atoms with Crippen LogP contribution < -0.4 is 5.73 Å². The fraction of sp³-hybridized carbons (Fsp3) is 0.588. The number of aliphatic hydroxyl groups is 1. The second-order valence-electron chi connectivity index (χ2n) is 6.84. The molecule has 1 aromatic rings. The lowest BCUT2D eigenvalue weighted by Gasteiger charge is -2.38. The number of amides is 2. The highest BCUT2D eigenvalue weighted by Gasteiger charge is 2.37. The number of β-amino-alcohol motifs (C(OH)–C–C–N with tert-alkyl or cyclic N) is 1. The van der Waals surface area contributed by atoms with Crippen LogP contribution >= 0.6 is 0 Å². The minimum absolute atomic E-state index is 0.116. The molecular formula is C17H23N3O3. The van der Waals surface area contributed by atoms with Crippen molar-refractivity contribution in [2.24, 2.45) is 5.73 Å². The Labute approximate surface area is 135 Å². The molecule has 6 heteroatoms. The predicted molar refractivity (Wildman–Crippen MR) is 84.8 cm³/mol. The van der Waals surface area contributed by atoms with Crippen molar-refractivity contribution in [3.63, 3.8) is 0 Å². The molecule has 2 amide bonds. The third-order valence-electron chi connectivity index (χ3n) is 4.68. The van der Waals surface area contributed by atoms with E-state index in [1.807, 2.05) is 19.1 Å². The molecule has 2 fully saturated rings. The lowest BCUT2D eigenvalue weighted by Crippen LogP contribution is -2.52. The van der Waals surface area contributed by atoms with E-state index in [0.29, 0.717) is 30.9 Å². The van der Waals surface area contributed by atoms with E-state index in [2.05, 4.69) is 4.98 Å². The summed E-state index contributed by atoms with van der Waals surface area (Å²) in [5.74, 6) is -0.137. The summed E-state index contributed by atoms with van der Waals surface area (Å²) in [6.45, 7) is 2.56. The van der Waals surface area contributed by atoms with Crippen molar-refractivity contribution >= 4 is 11.8 Å². The molecule has 0 bridgehead atoms. The number of aryl methyl sites for hydroxylation is 1. The van der Waals surface area contributed by atoms with Crippen LogP contribution in [0.15, 0.2) is 12.1 Å². The first-order valence-corrected chi connectivity index (χ1v) is 8.15. The summed E-state index contributed by atoms with van der Waals surface area (Å²) in [6.07, 6.45) is 3.37. The number of nitrogens with two attached hydrogens (primary N) is 1. The van der Waals surface area contributed by atoms with Crippen molar-refractivity contribution in [3.05, 3.63) is 29.1 Å². The van der Waals surface area contributed by atoms with E-state index in [4.69, 9.17) is 5.73 Å². The Morgan fingerprint density at radius 2 is 2.17 bits per heavy atom. The molecule has 1 aromatic heterocycles. The van der Waals surface area contributed by atoms with E-state index in [1.54, 1.807) is 4.90 Å². The average Bonchev–Trinajstić information content (AvgIpc) is 3.29. The SMILES string of the molecule is Cc1nc(C2CC2)ccc1C(=O)N1CCCC(O)(CC(N)=O)C1. The van der Waals surface area contributed by atoms with Crippen LogP contribution in [0.25, 0.3) is 0 Å². The highest BCUT2D eigenvalue weighted by Crippen LogP contribution is 2.39. The maximum atomic E-state index is 12.7. The Hall–Kier alpha value is -1.95. The van der Waals surface area contributed by atoms with Gasteiger partial charge in [0.1, 0.15) is 0 Å². The highest BCUT2D eigenvalue weighted by molar-refractivity contribution is 5.95. The second-order valence-corrected chi connectivity index (χ2v) is 6.84. The smallest absolute Gasteiger partial charge is 0.255 e. The van der Waals surface area contributed by atoms with E-state index in [1.165, 1.54) is 12.8 Å². The molecule has 1 unspecified atom stereocenters. The third-order valence-corrected chi connectivity index (χ3v) is 4.68. The van der Waals surface area contributed by atoms with Gasteiger partial charge in [0.05, 0.1) is 29.8 Å². The second kappa shape index (κ2) is 5.92.